The van der Waals surface area contributed by atoms with Gasteiger partial charge < -0.3 is 13.3 Å². The maximum Gasteiger partial charge on any atom is 0.136 e. The Morgan fingerprint density at radius 1 is 0.131 bits per heavy atom. The number of para-hydroxylation sites is 3. The molecule has 0 aliphatic carbocycles. The first-order chi connectivity index (χ1) is 93.4. The number of hydrogen-bond acceptors (Lipinski definition) is 3. The molecule has 3 aromatic heterocycles. The smallest absolute Gasteiger partial charge is 0.136 e. The molecule has 3 heteroatoms. The third kappa shape index (κ3) is 13.0. The van der Waals surface area contributed by atoms with Crippen molar-refractivity contribution < 1.29 is 96.9 Å². The number of fused-ring (bicyclic) bond motifs is 20. The van der Waals surface area contributed by atoms with E-state index in [0.29, 0.717) is 65.8 Å². The van der Waals surface area contributed by atoms with Crippen LogP contribution in [0.4, 0.5) is 0 Å². The van der Waals surface area contributed by atoms with Gasteiger partial charge in [-0.2, -0.15) is 0 Å². The first kappa shape index (κ1) is 39.0. The maximum absolute atomic E-state index is 9.92. The van der Waals surface area contributed by atoms with E-state index in [1.807, 2.05) is 0 Å². The summed E-state index contributed by atoms with van der Waals surface area (Å²) in [5.41, 5.74) is -4.44. The average Bonchev–Trinajstić information content (AvgIpc) is 0.691. The highest BCUT2D eigenvalue weighted by Crippen LogP contribution is 2.53. The lowest BCUT2D eigenvalue weighted by Gasteiger charge is -2.20. The summed E-state index contributed by atoms with van der Waals surface area (Å²) in [7, 11) is 0. The third-order valence-electron chi connectivity index (χ3n) is 24.1. The van der Waals surface area contributed by atoms with E-state index in [4.69, 9.17) is 57.1 Å². The van der Waals surface area contributed by atoms with Gasteiger partial charge in [-0.15, -0.1) is 0 Å². The summed E-state index contributed by atoms with van der Waals surface area (Å²) in [6, 6.07) is -14.3. The maximum atomic E-state index is 9.92. The molecule has 0 atom stereocenters. The minimum absolute atomic E-state index is 0.145. The molecule has 0 radical (unpaired) electrons. The van der Waals surface area contributed by atoms with E-state index >= 15 is 0 Å². The van der Waals surface area contributed by atoms with Crippen molar-refractivity contribution in [3.8, 4) is 100 Å². The largest absolute Gasteiger partial charge is 0.456 e. The van der Waals surface area contributed by atoms with Crippen molar-refractivity contribution in [2.24, 2.45) is 0 Å². The lowest BCUT2D eigenvalue weighted by atomic mass is 9.83. The number of hydrogen-bond donors (Lipinski definition) is 0. The molecule has 0 aliphatic heterocycles. The summed E-state index contributed by atoms with van der Waals surface area (Å²) >= 11 is 0. The molecule has 137 heavy (non-hydrogen) atoms. The Bertz CT molecular complexity index is 13800. The van der Waals surface area contributed by atoms with Crippen LogP contribution in [0, 0.1) is 0 Å². The molecule has 636 valence electrons. The Morgan fingerprint density at radius 3 is 0.752 bits per heavy atom. The lowest BCUT2D eigenvalue weighted by Crippen LogP contribution is -1.93. The van der Waals surface area contributed by atoms with E-state index in [1.54, 1.807) is 127 Å². The number of furan rings is 3. The van der Waals surface area contributed by atoms with Crippen LogP contribution in [0.1, 0.15) is 83.6 Å². The summed E-state index contributed by atoms with van der Waals surface area (Å²) in [6.07, 6.45) is 0. The first-order valence-corrected chi connectivity index (χ1v) is 42.2. The fourth-order valence-electron chi connectivity index (χ4n) is 18.4. The van der Waals surface area contributed by atoms with Gasteiger partial charge in [-0.3, -0.25) is 0 Å². The van der Waals surface area contributed by atoms with Crippen LogP contribution < -0.4 is 0 Å². The van der Waals surface area contributed by atoms with Gasteiger partial charge in [0.2, 0.25) is 0 Å². The van der Waals surface area contributed by atoms with Gasteiger partial charge in [0.25, 0.3) is 0 Å². The van der Waals surface area contributed by atoms with Gasteiger partial charge in [0.15, 0.2) is 0 Å². The van der Waals surface area contributed by atoms with Crippen molar-refractivity contribution in [2.75, 3.05) is 0 Å². The molecule has 0 N–H and O–H groups in total. The standard InChI is InChI=1S/2C46H28O.C42H26O/c1-2-15-30-29(13-1)14-11-23-34(30)44-36-18-5-7-20-38(36)45(39-21-8-6-19-37(39)44)40-28-27-33(31-16-3-4-17-32(31)40)35-24-12-26-43-46(35)41-22-9-10-25-42(41)47-43;1-2-13-30-28-31(25-24-29(30)12-1)44-36-16-5-7-18-38(36)45(39-19-8-6-17-37(39)44)40-27-26-34(32-14-3-4-15-33(32)40)35-21-11-23-43-46(35)41-20-9-10-22-42(41)47-43;1-2-11-30-26-31(25-20-27(30)10-1)41-35-14-5-3-12-33(35)40(34-13-4-6-15-36(34)41)29-23-21-28(22-24-29)32-17-9-19-39-42(32)37-16-7-8-18-38(37)43-39/h2*1-28H;1-26H/i1D,2D,3D,4D,5D,6D,7D,8D,11D,13D,14D,15D,16D,17D,18D,19D,20D,21D,23D,27D,28D;1D,2D,3D,4D,5D,6D,7D,8D,12D,13D,14D,15D,16D,17D,18D,19D,24D,25D,26D,27D,28D;1D,2D,3D,4D,5D,6D,10D,11D,12D,13D,14D,15D,20D,21D,22D,23D,24D,25D,26D. The second-order valence-corrected chi connectivity index (χ2v) is 31.3. The van der Waals surface area contributed by atoms with Crippen LogP contribution in [-0.2, 0) is 0 Å². The minimum atomic E-state index is -0.911. The summed E-state index contributed by atoms with van der Waals surface area (Å²) in [5.74, 6) is 0. The topological polar surface area (TPSA) is 39.4 Å². The highest BCUT2D eigenvalue weighted by atomic mass is 16.3. The second-order valence-electron chi connectivity index (χ2n) is 31.3. The summed E-state index contributed by atoms with van der Waals surface area (Å²) in [6.45, 7) is 0. The number of benzene rings is 26. The Labute approximate surface area is 875 Å². The molecular formula is C134H82O3. The average molecular weight is 1800 g/mol. The van der Waals surface area contributed by atoms with Crippen molar-refractivity contribution in [1.82, 2.24) is 0 Å². The van der Waals surface area contributed by atoms with E-state index in [9.17, 15) is 39.8 Å². The number of rotatable bonds is 9. The summed E-state index contributed by atoms with van der Waals surface area (Å²) in [5, 5.41) is -8.86. The van der Waals surface area contributed by atoms with E-state index in [-0.39, 0.29) is 44.2 Å². The first-order valence-electron chi connectivity index (χ1n) is 72.7. The van der Waals surface area contributed by atoms with Gasteiger partial charge in [-0.1, -0.05) is 447 Å². The molecule has 29 rings (SSSR count). The molecule has 26 aromatic carbocycles. The molecule has 3 nitrogen and oxygen atoms in total. The lowest BCUT2D eigenvalue weighted by molar-refractivity contribution is 0.668. The van der Waals surface area contributed by atoms with E-state index in [2.05, 4.69) is 0 Å². The van der Waals surface area contributed by atoms with Gasteiger partial charge in [-0.25, -0.2) is 0 Å². The molecule has 0 unspecified atom stereocenters. The Morgan fingerprint density at radius 2 is 0.380 bits per heavy atom. The molecule has 0 spiro atoms. The van der Waals surface area contributed by atoms with Crippen LogP contribution >= 0.6 is 0 Å². The monoisotopic (exact) mass is 1800 g/mol. The van der Waals surface area contributed by atoms with Crippen LogP contribution in [0.5, 0.6) is 0 Å². The molecule has 0 bridgehead atoms. The molecule has 0 amide bonds. The van der Waals surface area contributed by atoms with Gasteiger partial charge >= 0.3 is 0 Å². The predicted octanol–water partition coefficient (Wildman–Crippen LogP) is 38.4. The van der Waals surface area contributed by atoms with Gasteiger partial charge in [0.1, 0.15) is 33.5 Å². The van der Waals surface area contributed by atoms with Gasteiger partial charge in [0, 0.05) is 32.3 Å². The molecule has 0 aliphatic rings. The molecule has 0 saturated heterocycles. The summed E-state index contributed by atoms with van der Waals surface area (Å²) < 4.78 is 573. The van der Waals surface area contributed by atoms with Crippen LogP contribution in [0.15, 0.2) is 509 Å². The fourth-order valence-corrected chi connectivity index (χ4v) is 18.4. The highest BCUT2D eigenvalue weighted by molar-refractivity contribution is 6.30. The molecule has 0 fully saturated rings. The van der Waals surface area contributed by atoms with Crippen molar-refractivity contribution in [2.45, 2.75) is 0 Å². The Kier molecular flexibility index (Phi) is 9.25. The molecule has 3 heterocycles. The Hall–Kier alpha value is -18.0. The van der Waals surface area contributed by atoms with Crippen LogP contribution in [0.25, 0.3) is 284 Å². The Balaban J connectivity index is 0.000000136. The molecule has 29 aromatic rings. The van der Waals surface area contributed by atoms with Crippen LogP contribution in [0.3, 0.4) is 0 Å². The van der Waals surface area contributed by atoms with Crippen LogP contribution in [0.2, 0.25) is 0 Å². The van der Waals surface area contributed by atoms with Crippen LogP contribution in [-0.4, -0.2) is 0 Å². The van der Waals surface area contributed by atoms with Crippen molar-refractivity contribution in [1.29, 1.82) is 0 Å². The van der Waals surface area contributed by atoms with Crippen molar-refractivity contribution in [3.63, 3.8) is 0 Å². The molecular weight excluding hydrogens is 1660 g/mol. The molecule has 0 saturated carbocycles. The van der Waals surface area contributed by atoms with Crippen molar-refractivity contribution in [3.05, 3.63) is 496 Å². The van der Waals surface area contributed by atoms with E-state index in [1.165, 1.54) is 0 Å². The second kappa shape index (κ2) is 32.5. The summed E-state index contributed by atoms with van der Waals surface area (Å²) in [4.78, 5) is 0. The SMILES string of the molecule is [2H]c1c([2H])c(-c2cccc3oc4ccccc4c23)c([2H])c([2H])c1-c1c2c([2H])c([2H])c([2H])c([2H])c2c(-c2c([2H])c([2H])c3c([2H])c([2H])c([2H])c([2H])c3c2[2H])c2c([2H])c([2H])c([2H])c([2H])c12.[2H]c1c([2H])c([2H])c2c(-c3c4c([2H])c([2H])c([2H])c([2H])c4c(-c4c([2H])c([2H])c(-c5cccc6oc7ccccc7c56)c5c([2H])c([2H])c([2H])c([2H])c45)c4c([2H])c([2H])c([2H])c([2H])c34)c([2H])c([2H])c([2H])c2c1[2H].[2H]c1c([2H])c([2H])c2c([2H])c(-c3c4c([2H])c([2H])c([2H])c([2H])c4c(-c4c([2H])c([2H])c(-c5cccc6oc7ccccc7c56)c5c([2H])c([2H])c([2H])c([2H])c45)c4c([2H])c([2H])c([2H])c([2H])c34)c([2H])c([2H])c2c1[2H]. The zero-order valence-electron chi connectivity index (χ0n) is 131. The van der Waals surface area contributed by atoms with Crippen molar-refractivity contribution >= 4 is 184 Å². The predicted molar refractivity (Wildman–Crippen MR) is 583 cm³/mol. The van der Waals surface area contributed by atoms with E-state index in [0.717, 1.165) is 0 Å². The fraction of sp³-hybridized carbons (Fsp3) is 0. The highest BCUT2D eigenvalue weighted by Gasteiger charge is 2.27. The van der Waals surface area contributed by atoms with Gasteiger partial charge in [-0.05, 0) is 267 Å². The van der Waals surface area contributed by atoms with Gasteiger partial charge in [0.05, 0.1) is 83.6 Å². The zero-order valence-corrected chi connectivity index (χ0v) is 69.8. The normalized spacial score (nSPS) is 18.0. The zero-order chi connectivity index (χ0) is 143. The van der Waals surface area contributed by atoms with E-state index < -0.39 is 543 Å². The quantitative estimate of drug-likeness (QED) is 0.135. The minimum Gasteiger partial charge on any atom is -0.456 e. The third-order valence-corrected chi connectivity index (χ3v) is 24.1.